The monoisotopic (exact) mass is 530 g/mol. The lowest BCUT2D eigenvalue weighted by atomic mass is 10.1. The van der Waals surface area contributed by atoms with Gasteiger partial charge in [0.25, 0.3) is 0 Å². The summed E-state index contributed by atoms with van der Waals surface area (Å²) in [6.45, 7) is 6.73. The van der Waals surface area contributed by atoms with E-state index in [4.69, 9.17) is 4.74 Å². The number of aryl methyl sites for hydroxylation is 1. The number of nitrogens with one attached hydrogen (secondary N) is 3. The van der Waals surface area contributed by atoms with Crippen molar-refractivity contribution < 1.29 is 13.2 Å². The van der Waals surface area contributed by atoms with E-state index in [9.17, 15) is 8.42 Å². The van der Waals surface area contributed by atoms with E-state index in [-0.39, 0.29) is 35.8 Å². The van der Waals surface area contributed by atoms with Crippen LogP contribution in [-0.4, -0.2) is 52.5 Å². The summed E-state index contributed by atoms with van der Waals surface area (Å²) in [4.78, 5) is 5.74. The predicted octanol–water partition coefficient (Wildman–Crippen LogP) is 2.22. The minimum atomic E-state index is -3.33. The van der Waals surface area contributed by atoms with Crippen LogP contribution in [0, 0.1) is 6.92 Å². The first kappa shape index (κ1) is 24.6. The number of nitrogens with zero attached hydrogens (tertiary/aromatic N) is 1. The Bertz CT molecular complexity index is 673. The van der Waals surface area contributed by atoms with Crippen LogP contribution in [0.25, 0.3) is 0 Å². The molecule has 10 heteroatoms. The summed E-state index contributed by atoms with van der Waals surface area (Å²) in [5.41, 5.74) is 1.23. The van der Waals surface area contributed by atoms with Gasteiger partial charge in [-0.25, -0.2) is 18.1 Å². The van der Waals surface area contributed by atoms with Crippen LogP contribution in [0.1, 0.15) is 36.6 Å². The second-order valence-corrected chi connectivity index (χ2v) is 9.23. The Morgan fingerprint density at radius 2 is 2.19 bits per heavy atom. The number of thiophene rings is 1. The van der Waals surface area contributed by atoms with Gasteiger partial charge in [-0.05, 0) is 50.1 Å². The number of hydrogen-bond donors (Lipinski definition) is 3. The number of sulfonamides is 1. The van der Waals surface area contributed by atoms with Crippen molar-refractivity contribution in [3.05, 3.63) is 21.9 Å². The van der Waals surface area contributed by atoms with Gasteiger partial charge >= 0.3 is 0 Å². The number of halogens is 1. The molecular formula is C17H31IN4O3S2. The van der Waals surface area contributed by atoms with Gasteiger partial charge in [-0.1, -0.05) is 0 Å². The first-order valence-corrected chi connectivity index (χ1v) is 11.7. The number of hydrogen-bond acceptors (Lipinski definition) is 5. The fourth-order valence-electron chi connectivity index (χ4n) is 2.62. The Labute approximate surface area is 183 Å². The predicted molar refractivity (Wildman–Crippen MR) is 123 cm³/mol. The third-order valence-corrected chi connectivity index (χ3v) is 6.52. The molecule has 0 radical (unpaired) electrons. The minimum Gasteiger partial charge on any atom is -0.377 e. The van der Waals surface area contributed by atoms with Crippen LogP contribution in [0.2, 0.25) is 0 Å². The van der Waals surface area contributed by atoms with Crippen LogP contribution in [0.4, 0.5) is 0 Å². The molecule has 0 bridgehead atoms. The van der Waals surface area contributed by atoms with Crippen LogP contribution in [-0.2, 0) is 21.3 Å². The molecule has 3 N–H and O–H groups in total. The summed E-state index contributed by atoms with van der Waals surface area (Å²) in [5, 5.41) is 8.28. The normalized spacial score (nSPS) is 18.0. The highest BCUT2D eigenvalue weighted by molar-refractivity contribution is 14.0. The van der Waals surface area contributed by atoms with E-state index in [1.807, 2.05) is 6.92 Å². The van der Waals surface area contributed by atoms with Crippen molar-refractivity contribution in [2.75, 3.05) is 32.0 Å². The zero-order valence-corrected chi connectivity index (χ0v) is 20.0. The van der Waals surface area contributed by atoms with Crippen LogP contribution in [0.15, 0.2) is 16.4 Å². The van der Waals surface area contributed by atoms with Crippen molar-refractivity contribution in [3.63, 3.8) is 0 Å². The third kappa shape index (κ3) is 9.55. The molecule has 1 atom stereocenters. The van der Waals surface area contributed by atoms with Crippen LogP contribution >= 0.6 is 35.3 Å². The number of aliphatic imine (C=N–C) groups is 1. The molecule has 0 amide bonds. The van der Waals surface area contributed by atoms with E-state index in [1.165, 1.54) is 10.4 Å². The smallest absolute Gasteiger partial charge is 0.213 e. The molecule has 0 spiro atoms. The number of guanidine groups is 1. The maximum absolute atomic E-state index is 12.1. The lowest BCUT2D eigenvalue weighted by molar-refractivity contribution is 0.0200. The van der Waals surface area contributed by atoms with Crippen molar-refractivity contribution in [3.8, 4) is 0 Å². The quantitative estimate of drug-likeness (QED) is 0.259. The molecule has 1 aliphatic heterocycles. The van der Waals surface area contributed by atoms with E-state index < -0.39 is 10.0 Å². The second kappa shape index (κ2) is 12.9. The third-order valence-electron chi connectivity index (χ3n) is 4.16. The molecule has 0 aliphatic carbocycles. The highest BCUT2D eigenvalue weighted by Crippen LogP contribution is 2.16. The Kier molecular flexibility index (Phi) is 11.8. The van der Waals surface area contributed by atoms with Gasteiger partial charge in [0.1, 0.15) is 0 Å². The van der Waals surface area contributed by atoms with E-state index in [0.29, 0.717) is 25.6 Å². The SMILES string of the molecule is CCNC(=NCc1sccc1C)NCCS(=O)(=O)NCC1CCCCO1.I. The lowest BCUT2D eigenvalue weighted by Crippen LogP contribution is -2.42. The van der Waals surface area contributed by atoms with Crippen molar-refractivity contribution in [2.24, 2.45) is 4.99 Å². The molecular weight excluding hydrogens is 499 g/mol. The zero-order chi connectivity index (χ0) is 18.8. The Morgan fingerprint density at radius 1 is 1.37 bits per heavy atom. The molecule has 1 unspecified atom stereocenters. The Balaban J connectivity index is 0.00000364. The Hall–Kier alpha value is -0.430. The van der Waals surface area contributed by atoms with Crippen molar-refractivity contribution in [1.82, 2.24) is 15.4 Å². The van der Waals surface area contributed by atoms with Gasteiger partial charge in [0.05, 0.1) is 18.4 Å². The maximum Gasteiger partial charge on any atom is 0.213 e. The standard InChI is InChI=1S/C17H30N4O3S2.HI/c1-3-18-17(20-13-16-14(2)7-10-25-16)19-8-11-26(22,23)21-12-15-6-4-5-9-24-15;/h7,10,15,21H,3-6,8-9,11-13H2,1-2H3,(H2,18,19,20);1H. The van der Waals surface area contributed by atoms with Gasteiger partial charge < -0.3 is 15.4 Å². The van der Waals surface area contributed by atoms with Crippen molar-refractivity contribution in [2.45, 2.75) is 45.8 Å². The first-order valence-electron chi connectivity index (χ1n) is 9.14. The van der Waals surface area contributed by atoms with Crippen LogP contribution in [0.3, 0.4) is 0 Å². The highest BCUT2D eigenvalue weighted by Gasteiger charge is 2.17. The molecule has 0 saturated carbocycles. The van der Waals surface area contributed by atoms with Gasteiger partial charge in [0.15, 0.2) is 5.96 Å². The molecule has 0 aromatic carbocycles. The number of rotatable bonds is 9. The molecule has 7 nitrogen and oxygen atoms in total. The van der Waals surface area contributed by atoms with Crippen LogP contribution < -0.4 is 15.4 Å². The lowest BCUT2D eigenvalue weighted by Gasteiger charge is -2.22. The molecule has 1 aliphatic rings. The first-order chi connectivity index (χ1) is 12.5. The topological polar surface area (TPSA) is 91.8 Å². The summed E-state index contributed by atoms with van der Waals surface area (Å²) in [6.07, 6.45) is 3.07. The van der Waals surface area contributed by atoms with Gasteiger partial charge in [0, 0.05) is 31.1 Å². The van der Waals surface area contributed by atoms with E-state index in [1.54, 1.807) is 11.3 Å². The number of ether oxygens (including phenoxy) is 1. The van der Waals surface area contributed by atoms with Crippen molar-refractivity contribution >= 4 is 51.3 Å². The molecule has 1 aromatic rings. The molecule has 27 heavy (non-hydrogen) atoms. The summed E-state index contributed by atoms with van der Waals surface area (Å²) < 4.78 is 32.5. The van der Waals surface area contributed by atoms with Gasteiger partial charge in [0.2, 0.25) is 10.0 Å². The fraction of sp³-hybridized carbons (Fsp3) is 0.706. The fourth-order valence-corrected chi connectivity index (χ4v) is 4.41. The molecule has 2 heterocycles. The zero-order valence-electron chi connectivity index (χ0n) is 16.0. The minimum absolute atomic E-state index is 0. The van der Waals surface area contributed by atoms with E-state index >= 15 is 0 Å². The summed E-state index contributed by atoms with van der Waals surface area (Å²) >= 11 is 1.68. The molecule has 2 rings (SSSR count). The maximum atomic E-state index is 12.1. The summed E-state index contributed by atoms with van der Waals surface area (Å²) in [6, 6.07) is 2.07. The summed E-state index contributed by atoms with van der Waals surface area (Å²) in [7, 11) is -3.33. The van der Waals surface area contributed by atoms with Crippen LogP contribution in [0.5, 0.6) is 0 Å². The highest BCUT2D eigenvalue weighted by atomic mass is 127. The average Bonchev–Trinajstić information content (AvgIpc) is 3.04. The van der Waals surface area contributed by atoms with Gasteiger partial charge in [-0.3, -0.25) is 0 Å². The van der Waals surface area contributed by atoms with Gasteiger partial charge in [-0.15, -0.1) is 35.3 Å². The van der Waals surface area contributed by atoms with E-state index in [0.717, 1.165) is 32.4 Å². The molecule has 1 saturated heterocycles. The molecule has 156 valence electrons. The second-order valence-electron chi connectivity index (χ2n) is 6.30. The largest absolute Gasteiger partial charge is 0.377 e. The Morgan fingerprint density at radius 3 is 2.81 bits per heavy atom. The summed E-state index contributed by atoms with van der Waals surface area (Å²) in [5.74, 6) is 0.633. The van der Waals surface area contributed by atoms with E-state index in [2.05, 4.69) is 38.7 Å². The molecule has 1 fully saturated rings. The van der Waals surface area contributed by atoms with Crippen molar-refractivity contribution in [1.29, 1.82) is 0 Å². The van der Waals surface area contributed by atoms with Gasteiger partial charge in [-0.2, -0.15) is 0 Å². The average molecular weight is 530 g/mol. The molecule has 1 aromatic heterocycles.